The maximum atomic E-state index is 13.5. The Balaban J connectivity index is 2.28. The summed E-state index contributed by atoms with van der Waals surface area (Å²) in [6.07, 6.45) is 0.945. The van der Waals surface area contributed by atoms with Crippen LogP contribution in [-0.4, -0.2) is 9.55 Å². The molecule has 0 radical (unpaired) electrons. The molecule has 5 heteroatoms. The summed E-state index contributed by atoms with van der Waals surface area (Å²) < 4.78 is 28.5. The van der Waals surface area contributed by atoms with Crippen molar-refractivity contribution in [2.45, 2.75) is 26.3 Å². The zero-order chi connectivity index (χ0) is 12.4. The minimum atomic E-state index is -0.663. The van der Waals surface area contributed by atoms with Crippen molar-refractivity contribution in [3.63, 3.8) is 0 Å². The van der Waals surface area contributed by atoms with Crippen LogP contribution in [0.5, 0.6) is 0 Å². The van der Waals surface area contributed by atoms with Crippen LogP contribution in [0, 0.1) is 17.0 Å². The quantitative estimate of drug-likeness (QED) is 0.828. The first-order chi connectivity index (χ1) is 7.90. The third-order valence-corrected chi connectivity index (χ3v) is 3.51. The van der Waals surface area contributed by atoms with Crippen LogP contribution >= 0.6 is 0 Å². The topological polar surface area (TPSA) is 43.8 Å². The molecule has 1 fully saturated rings. The Morgan fingerprint density at radius 3 is 2.65 bits per heavy atom. The van der Waals surface area contributed by atoms with Gasteiger partial charge in [-0.05, 0) is 11.8 Å². The maximum Gasteiger partial charge on any atom is 0.201 e. The first-order valence-corrected chi connectivity index (χ1v) is 5.52. The van der Waals surface area contributed by atoms with Crippen molar-refractivity contribution >= 4 is 17.0 Å². The van der Waals surface area contributed by atoms with Crippen LogP contribution < -0.4 is 5.73 Å². The van der Waals surface area contributed by atoms with E-state index in [1.165, 1.54) is 6.07 Å². The van der Waals surface area contributed by atoms with E-state index < -0.39 is 11.6 Å². The number of fused-ring (bicyclic) bond motifs is 1. The van der Waals surface area contributed by atoms with E-state index in [4.69, 9.17) is 5.73 Å². The van der Waals surface area contributed by atoms with Gasteiger partial charge in [0.1, 0.15) is 11.3 Å². The number of benzene rings is 1. The number of aromatic nitrogens is 2. The van der Waals surface area contributed by atoms with E-state index in [-0.39, 0.29) is 22.9 Å². The fourth-order valence-corrected chi connectivity index (χ4v) is 2.35. The molecule has 0 bridgehead atoms. The van der Waals surface area contributed by atoms with E-state index in [0.717, 1.165) is 12.5 Å². The normalized spacial score (nSPS) is 22.0. The van der Waals surface area contributed by atoms with Gasteiger partial charge in [0.25, 0.3) is 0 Å². The average Bonchev–Trinajstić information content (AvgIpc) is 2.67. The Bertz CT molecular complexity index is 616. The summed E-state index contributed by atoms with van der Waals surface area (Å²) in [4.78, 5) is 3.98. The molecule has 17 heavy (non-hydrogen) atoms. The van der Waals surface area contributed by atoms with Crippen LogP contribution in [0.3, 0.4) is 0 Å². The van der Waals surface area contributed by atoms with Crippen molar-refractivity contribution < 1.29 is 8.78 Å². The fourth-order valence-electron chi connectivity index (χ4n) is 2.35. The predicted molar refractivity (Wildman–Crippen MR) is 61.5 cm³/mol. The largest absolute Gasteiger partial charge is 0.369 e. The van der Waals surface area contributed by atoms with Crippen LogP contribution in [0.15, 0.2) is 12.1 Å². The van der Waals surface area contributed by atoms with Gasteiger partial charge in [-0.15, -0.1) is 0 Å². The lowest BCUT2D eigenvalue weighted by molar-refractivity contribution is 0.551. The highest BCUT2D eigenvalue weighted by Gasteiger charge is 2.48. The van der Waals surface area contributed by atoms with E-state index >= 15 is 0 Å². The van der Waals surface area contributed by atoms with Crippen molar-refractivity contribution in [3.8, 4) is 0 Å². The molecule has 1 aliphatic carbocycles. The number of imidazole rings is 1. The number of anilines is 1. The average molecular weight is 237 g/mol. The highest BCUT2D eigenvalue weighted by Crippen LogP contribution is 2.57. The van der Waals surface area contributed by atoms with Crippen molar-refractivity contribution in [2.24, 2.45) is 5.41 Å². The molecule has 3 nitrogen and oxygen atoms in total. The molecule has 3 rings (SSSR count). The van der Waals surface area contributed by atoms with E-state index in [0.29, 0.717) is 5.52 Å². The lowest BCUT2D eigenvalue weighted by Crippen LogP contribution is -2.05. The highest BCUT2D eigenvalue weighted by molar-refractivity contribution is 5.79. The van der Waals surface area contributed by atoms with Gasteiger partial charge < -0.3 is 10.3 Å². The molecule has 0 saturated heterocycles. The second-order valence-electron chi connectivity index (χ2n) is 5.30. The molecule has 1 aliphatic rings. The molecule has 1 aromatic heterocycles. The van der Waals surface area contributed by atoms with Gasteiger partial charge in [-0.25, -0.2) is 13.8 Å². The smallest absolute Gasteiger partial charge is 0.201 e. The van der Waals surface area contributed by atoms with E-state index in [2.05, 4.69) is 18.8 Å². The SMILES string of the molecule is CC1(C)CC1n1c(N)nc2c(F)cc(F)cc21. The Kier molecular flexibility index (Phi) is 1.83. The molecule has 90 valence electrons. The van der Waals surface area contributed by atoms with Gasteiger partial charge in [0.05, 0.1) is 5.52 Å². The first-order valence-electron chi connectivity index (χ1n) is 5.52. The number of hydrogen-bond acceptors (Lipinski definition) is 2. The van der Waals surface area contributed by atoms with E-state index in [9.17, 15) is 8.78 Å². The van der Waals surface area contributed by atoms with Crippen LogP contribution in [0.25, 0.3) is 11.0 Å². The number of halogens is 2. The monoisotopic (exact) mass is 237 g/mol. The van der Waals surface area contributed by atoms with Gasteiger partial charge in [0.15, 0.2) is 5.82 Å². The Hall–Kier alpha value is -1.65. The standard InChI is InChI=1S/C12H13F2N3/c1-12(2)5-9(12)17-8-4-6(13)3-7(14)10(8)16-11(17)15/h3-4,9H,5H2,1-2H3,(H2,15,16). The van der Waals surface area contributed by atoms with Crippen molar-refractivity contribution in [1.82, 2.24) is 9.55 Å². The van der Waals surface area contributed by atoms with Gasteiger partial charge in [0, 0.05) is 18.2 Å². The summed E-state index contributed by atoms with van der Waals surface area (Å²) in [5, 5.41) is 0. The maximum absolute atomic E-state index is 13.5. The van der Waals surface area contributed by atoms with Gasteiger partial charge in [-0.2, -0.15) is 0 Å². The van der Waals surface area contributed by atoms with E-state index in [1.54, 1.807) is 4.57 Å². The van der Waals surface area contributed by atoms with Crippen molar-refractivity contribution in [2.75, 3.05) is 5.73 Å². The zero-order valence-electron chi connectivity index (χ0n) is 9.67. The lowest BCUT2D eigenvalue weighted by atomic mass is 10.2. The minimum Gasteiger partial charge on any atom is -0.369 e. The summed E-state index contributed by atoms with van der Waals surface area (Å²) in [6.45, 7) is 4.19. The summed E-state index contributed by atoms with van der Waals surface area (Å²) in [5.74, 6) is -1.02. The number of nitrogens with zero attached hydrogens (tertiary/aromatic N) is 2. The Morgan fingerprint density at radius 1 is 1.41 bits per heavy atom. The highest BCUT2D eigenvalue weighted by atomic mass is 19.1. The van der Waals surface area contributed by atoms with Gasteiger partial charge in [0.2, 0.25) is 5.95 Å². The first kappa shape index (κ1) is 10.5. The van der Waals surface area contributed by atoms with Crippen LogP contribution in [0.1, 0.15) is 26.3 Å². The molecule has 0 aliphatic heterocycles. The molecule has 1 saturated carbocycles. The number of rotatable bonds is 1. The molecule has 1 heterocycles. The lowest BCUT2D eigenvalue weighted by Gasteiger charge is -2.08. The third-order valence-electron chi connectivity index (χ3n) is 3.51. The number of nitrogens with two attached hydrogens (primary N) is 1. The zero-order valence-corrected chi connectivity index (χ0v) is 9.67. The fraction of sp³-hybridized carbons (Fsp3) is 0.417. The van der Waals surface area contributed by atoms with Crippen molar-refractivity contribution in [3.05, 3.63) is 23.8 Å². The van der Waals surface area contributed by atoms with Crippen LogP contribution in [0.4, 0.5) is 14.7 Å². The Morgan fingerprint density at radius 2 is 2.06 bits per heavy atom. The van der Waals surface area contributed by atoms with Crippen LogP contribution in [0.2, 0.25) is 0 Å². The van der Waals surface area contributed by atoms with Gasteiger partial charge in [-0.3, -0.25) is 0 Å². The molecule has 1 atom stereocenters. The molecule has 1 unspecified atom stereocenters. The molecule has 2 aromatic rings. The molecule has 1 aromatic carbocycles. The minimum absolute atomic E-state index is 0.116. The Labute approximate surface area is 97.2 Å². The van der Waals surface area contributed by atoms with Gasteiger partial charge >= 0.3 is 0 Å². The molecular formula is C12H13F2N3. The summed E-state index contributed by atoms with van der Waals surface area (Å²) in [7, 11) is 0. The second-order valence-corrected chi connectivity index (χ2v) is 5.30. The molecule has 0 spiro atoms. The van der Waals surface area contributed by atoms with Crippen LogP contribution in [-0.2, 0) is 0 Å². The molecule has 2 N–H and O–H groups in total. The summed E-state index contributed by atoms with van der Waals surface area (Å²) >= 11 is 0. The molecular weight excluding hydrogens is 224 g/mol. The third kappa shape index (κ3) is 1.41. The van der Waals surface area contributed by atoms with Gasteiger partial charge in [-0.1, -0.05) is 13.8 Å². The summed E-state index contributed by atoms with van der Waals surface area (Å²) in [5.41, 5.74) is 6.50. The summed E-state index contributed by atoms with van der Waals surface area (Å²) in [6, 6.07) is 2.29. The second kappa shape index (κ2) is 2.97. The number of nitrogen functional groups attached to an aromatic ring is 1. The molecule has 0 amide bonds. The van der Waals surface area contributed by atoms with E-state index in [1.807, 2.05) is 0 Å². The van der Waals surface area contributed by atoms with Crippen molar-refractivity contribution in [1.29, 1.82) is 0 Å². The predicted octanol–water partition coefficient (Wildman–Crippen LogP) is 2.87. The number of hydrogen-bond donors (Lipinski definition) is 1.